The van der Waals surface area contributed by atoms with Crippen LogP contribution in [0.2, 0.25) is 0 Å². The Morgan fingerprint density at radius 2 is 1.67 bits per heavy atom. The number of rotatable bonds is 5. The van der Waals surface area contributed by atoms with Gasteiger partial charge in [0.25, 0.3) is 5.91 Å². The van der Waals surface area contributed by atoms with Gasteiger partial charge in [-0.1, -0.05) is 48.9 Å². The molecule has 4 nitrogen and oxygen atoms in total. The first-order valence-corrected chi connectivity index (χ1v) is 11.1. The maximum absolute atomic E-state index is 12.6. The highest BCUT2D eigenvalue weighted by atomic mass is 32.2. The van der Waals surface area contributed by atoms with Gasteiger partial charge in [-0.05, 0) is 60.9 Å². The van der Waals surface area contributed by atoms with Gasteiger partial charge < -0.3 is 5.32 Å². The van der Waals surface area contributed by atoms with Gasteiger partial charge in [0.1, 0.15) is 5.37 Å². The van der Waals surface area contributed by atoms with Crippen LogP contribution in [0.3, 0.4) is 0 Å². The molecule has 3 aromatic carbocycles. The topological polar surface area (TPSA) is 49.4 Å². The van der Waals surface area contributed by atoms with Crippen molar-refractivity contribution in [3.8, 4) is 0 Å². The Balaban J connectivity index is 1.50. The quantitative estimate of drug-likeness (QED) is 0.590. The molecular formula is C25H24N2O2S. The second kappa shape index (κ2) is 8.76. The largest absolute Gasteiger partial charge is 0.322 e. The third-order valence-electron chi connectivity index (χ3n) is 5.26. The van der Waals surface area contributed by atoms with Gasteiger partial charge >= 0.3 is 0 Å². The van der Waals surface area contributed by atoms with Crippen LogP contribution in [-0.2, 0) is 11.2 Å². The predicted molar refractivity (Wildman–Crippen MR) is 124 cm³/mol. The van der Waals surface area contributed by atoms with Crippen LogP contribution in [0.5, 0.6) is 0 Å². The highest BCUT2D eigenvalue weighted by Gasteiger charge is 2.33. The van der Waals surface area contributed by atoms with Gasteiger partial charge in [-0.25, -0.2) is 0 Å². The summed E-state index contributed by atoms with van der Waals surface area (Å²) in [6.07, 6.45) is 0.974. The summed E-state index contributed by atoms with van der Waals surface area (Å²) in [6.45, 7) is 4.11. The Kier molecular flexibility index (Phi) is 5.91. The van der Waals surface area contributed by atoms with Crippen LogP contribution < -0.4 is 10.2 Å². The first-order valence-electron chi connectivity index (χ1n) is 10.1. The molecule has 1 unspecified atom stereocenters. The van der Waals surface area contributed by atoms with Crippen molar-refractivity contribution in [1.82, 2.24) is 0 Å². The fourth-order valence-corrected chi connectivity index (χ4v) is 4.66. The Hall–Kier alpha value is -3.05. The molecule has 30 heavy (non-hydrogen) atoms. The Bertz CT molecular complexity index is 1040. The number of anilines is 2. The van der Waals surface area contributed by atoms with Crippen LogP contribution >= 0.6 is 11.8 Å². The molecule has 0 spiro atoms. The van der Waals surface area contributed by atoms with Gasteiger partial charge in [0, 0.05) is 16.9 Å². The summed E-state index contributed by atoms with van der Waals surface area (Å²) in [4.78, 5) is 26.9. The lowest BCUT2D eigenvalue weighted by Crippen LogP contribution is -2.27. The molecule has 1 aliphatic heterocycles. The molecule has 1 N–H and O–H groups in total. The SMILES string of the molecule is CCc1ccc(N2C(=O)CSC2c2ccc(NC(=O)c3ccc(C)cc3)cc2)cc1. The van der Waals surface area contributed by atoms with E-state index in [4.69, 9.17) is 0 Å². The number of carbonyl (C=O) groups excluding carboxylic acids is 2. The lowest BCUT2D eigenvalue weighted by Gasteiger charge is -2.24. The van der Waals surface area contributed by atoms with Crippen molar-refractivity contribution in [3.63, 3.8) is 0 Å². The summed E-state index contributed by atoms with van der Waals surface area (Å²) in [5.74, 6) is 0.448. The van der Waals surface area contributed by atoms with E-state index in [9.17, 15) is 9.59 Å². The molecule has 0 radical (unpaired) electrons. The first kappa shape index (κ1) is 20.2. The van der Waals surface area contributed by atoms with Crippen molar-refractivity contribution in [2.75, 3.05) is 16.0 Å². The number of nitrogens with one attached hydrogen (secondary N) is 1. The van der Waals surface area contributed by atoms with E-state index in [1.807, 2.05) is 72.5 Å². The van der Waals surface area contributed by atoms with Gasteiger partial charge in [0.2, 0.25) is 5.91 Å². The van der Waals surface area contributed by atoms with Crippen molar-refractivity contribution >= 4 is 35.0 Å². The second-order valence-corrected chi connectivity index (χ2v) is 8.46. The standard InChI is InChI=1S/C25H24N2O2S/c1-3-18-6-14-22(15-7-18)27-23(28)16-30-25(27)20-10-12-21(13-11-20)26-24(29)19-8-4-17(2)5-9-19/h4-15,25H,3,16H2,1-2H3,(H,26,29). The van der Waals surface area contributed by atoms with Crippen LogP contribution in [0, 0.1) is 6.92 Å². The molecule has 0 aromatic heterocycles. The van der Waals surface area contributed by atoms with Crippen LogP contribution in [-0.4, -0.2) is 17.6 Å². The molecule has 5 heteroatoms. The summed E-state index contributed by atoms with van der Waals surface area (Å²) in [5, 5.41) is 2.87. The van der Waals surface area contributed by atoms with E-state index in [2.05, 4.69) is 24.4 Å². The summed E-state index contributed by atoms with van der Waals surface area (Å²) in [6, 6.07) is 23.4. The molecule has 1 heterocycles. The Morgan fingerprint density at radius 1 is 1.00 bits per heavy atom. The van der Waals surface area contributed by atoms with E-state index in [1.54, 1.807) is 11.8 Å². The van der Waals surface area contributed by atoms with Crippen LogP contribution in [0.15, 0.2) is 72.8 Å². The Labute approximate surface area is 181 Å². The zero-order chi connectivity index (χ0) is 21.1. The number of hydrogen-bond acceptors (Lipinski definition) is 3. The van der Waals surface area contributed by atoms with Crippen LogP contribution in [0.4, 0.5) is 11.4 Å². The van der Waals surface area contributed by atoms with E-state index < -0.39 is 0 Å². The summed E-state index contributed by atoms with van der Waals surface area (Å²) in [5.41, 5.74) is 5.69. The maximum atomic E-state index is 12.6. The number of hydrogen-bond donors (Lipinski definition) is 1. The third kappa shape index (κ3) is 4.26. The molecule has 3 aromatic rings. The maximum Gasteiger partial charge on any atom is 0.255 e. The molecule has 0 aliphatic carbocycles. The van der Waals surface area contributed by atoms with Gasteiger partial charge in [0.05, 0.1) is 5.75 Å². The highest BCUT2D eigenvalue weighted by molar-refractivity contribution is 8.00. The van der Waals surface area contributed by atoms with Gasteiger partial charge in [0.15, 0.2) is 0 Å². The summed E-state index contributed by atoms with van der Waals surface area (Å²) >= 11 is 1.62. The van der Waals surface area contributed by atoms with Gasteiger partial charge in [-0.2, -0.15) is 0 Å². The van der Waals surface area contributed by atoms with Gasteiger partial charge in [-0.15, -0.1) is 11.8 Å². The zero-order valence-electron chi connectivity index (χ0n) is 17.1. The summed E-state index contributed by atoms with van der Waals surface area (Å²) in [7, 11) is 0. The number of thioether (sulfide) groups is 1. The van der Waals surface area contributed by atoms with E-state index in [0.717, 1.165) is 28.9 Å². The van der Waals surface area contributed by atoms with Crippen molar-refractivity contribution in [2.24, 2.45) is 0 Å². The average molecular weight is 417 g/mol. The molecule has 1 saturated heterocycles. The van der Waals surface area contributed by atoms with Gasteiger partial charge in [-0.3, -0.25) is 14.5 Å². The zero-order valence-corrected chi connectivity index (χ0v) is 17.9. The molecule has 1 fully saturated rings. The third-order valence-corrected chi connectivity index (χ3v) is 6.47. The minimum Gasteiger partial charge on any atom is -0.322 e. The van der Waals surface area contributed by atoms with Crippen molar-refractivity contribution in [2.45, 2.75) is 25.6 Å². The minimum absolute atomic E-state index is 0.0631. The second-order valence-electron chi connectivity index (χ2n) is 7.39. The lowest BCUT2D eigenvalue weighted by atomic mass is 10.1. The average Bonchev–Trinajstić information content (AvgIpc) is 3.16. The monoisotopic (exact) mass is 416 g/mol. The fourth-order valence-electron chi connectivity index (χ4n) is 3.48. The van der Waals surface area contributed by atoms with E-state index >= 15 is 0 Å². The van der Waals surface area contributed by atoms with E-state index in [1.165, 1.54) is 5.56 Å². The Morgan fingerprint density at radius 3 is 2.30 bits per heavy atom. The highest BCUT2D eigenvalue weighted by Crippen LogP contribution is 2.42. The molecule has 2 amide bonds. The molecule has 0 saturated carbocycles. The number of aryl methyl sites for hydroxylation is 2. The molecule has 0 bridgehead atoms. The number of carbonyl (C=O) groups is 2. The lowest BCUT2D eigenvalue weighted by molar-refractivity contribution is -0.115. The van der Waals surface area contributed by atoms with Crippen LogP contribution in [0.25, 0.3) is 0 Å². The van der Waals surface area contributed by atoms with E-state index in [0.29, 0.717) is 11.3 Å². The molecule has 152 valence electrons. The smallest absolute Gasteiger partial charge is 0.255 e. The van der Waals surface area contributed by atoms with Crippen molar-refractivity contribution in [1.29, 1.82) is 0 Å². The number of benzene rings is 3. The molecule has 1 atom stereocenters. The summed E-state index contributed by atoms with van der Waals surface area (Å²) < 4.78 is 0. The van der Waals surface area contributed by atoms with Crippen molar-refractivity contribution < 1.29 is 9.59 Å². The predicted octanol–water partition coefficient (Wildman–Crippen LogP) is 5.59. The molecule has 4 rings (SSSR count). The first-order chi connectivity index (χ1) is 14.5. The minimum atomic E-state index is -0.134. The number of nitrogens with zero attached hydrogens (tertiary/aromatic N) is 1. The molecular weight excluding hydrogens is 392 g/mol. The number of amides is 2. The van der Waals surface area contributed by atoms with E-state index in [-0.39, 0.29) is 17.2 Å². The van der Waals surface area contributed by atoms with Crippen molar-refractivity contribution in [3.05, 3.63) is 95.1 Å². The van der Waals surface area contributed by atoms with Crippen LogP contribution in [0.1, 0.15) is 39.3 Å². The normalized spacial score (nSPS) is 16.0. The fraction of sp³-hybridized carbons (Fsp3) is 0.200. The molecule has 1 aliphatic rings.